The van der Waals surface area contributed by atoms with Crippen LogP contribution in [-0.4, -0.2) is 28.9 Å². The summed E-state index contributed by atoms with van der Waals surface area (Å²) in [5.41, 5.74) is -0.0351. The van der Waals surface area contributed by atoms with E-state index in [1.165, 1.54) is 31.4 Å². The first-order valence-electron chi connectivity index (χ1n) is 5.19. The Morgan fingerprint density at radius 3 is 2.60 bits per heavy atom. The van der Waals surface area contributed by atoms with Gasteiger partial charge in [0.1, 0.15) is 5.75 Å². The molecule has 0 saturated heterocycles. The Morgan fingerprint density at radius 1 is 1.45 bits per heavy atom. The predicted molar refractivity (Wildman–Crippen MR) is 84.1 cm³/mol. The SMILES string of the molecule is COP(OCCBr)SP(O)Oc1ccc([N+](=O)[O-])cc1. The van der Waals surface area contributed by atoms with Crippen LogP contribution in [0.2, 0.25) is 0 Å². The van der Waals surface area contributed by atoms with Gasteiger partial charge in [-0.15, -0.1) is 0 Å². The molecule has 0 fully saturated rings. The van der Waals surface area contributed by atoms with Crippen LogP contribution in [0.1, 0.15) is 0 Å². The van der Waals surface area contributed by atoms with Crippen LogP contribution in [0.4, 0.5) is 5.69 Å². The van der Waals surface area contributed by atoms with Gasteiger partial charge in [0.15, 0.2) is 0 Å². The average molecular weight is 404 g/mol. The van der Waals surface area contributed by atoms with Crippen LogP contribution < -0.4 is 4.52 Å². The average Bonchev–Trinajstić information content (AvgIpc) is 2.43. The molecular weight excluding hydrogens is 392 g/mol. The minimum atomic E-state index is -1.83. The molecule has 0 radical (unpaired) electrons. The molecule has 0 saturated carbocycles. The van der Waals surface area contributed by atoms with Crippen LogP contribution in [0.5, 0.6) is 5.75 Å². The summed E-state index contributed by atoms with van der Waals surface area (Å²) in [4.78, 5) is 19.8. The minimum absolute atomic E-state index is 0.0351. The highest BCUT2D eigenvalue weighted by molar-refractivity contribution is 9.09. The Balaban J connectivity index is 2.48. The van der Waals surface area contributed by atoms with Gasteiger partial charge in [0.25, 0.3) is 5.69 Å². The molecule has 0 bridgehead atoms. The van der Waals surface area contributed by atoms with Gasteiger partial charge in [0, 0.05) is 35.6 Å². The molecule has 0 spiro atoms. The summed E-state index contributed by atoms with van der Waals surface area (Å²) in [5, 5.41) is 11.2. The lowest BCUT2D eigenvalue weighted by molar-refractivity contribution is -0.384. The van der Waals surface area contributed by atoms with Gasteiger partial charge in [0.05, 0.1) is 11.5 Å². The number of nitro benzene ring substituents is 1. The number of nitro groups is 1. The zero-order valence-corrected chi connectivity index (χ0v) is 14.5. The lowest BCUT2D eigenvalue weighted by Crippen LogP contribution is -1.91. The summed E-state index contributed by atoms with van der Waals surface area (Å²) in [6.07, 6.45) is 0. The van der Waals surface area contributed by atoms with Gasteiger partial charge in [-0.3, -0.25) is 10.1 Å². The maximum absolute atomic E-state index is 10.5. The Kier molecular flexibility index (Phi) is 8.88. The monoisotopic (exact) mass is 403 g/mol. The molecule has 0 aromatic heterocycles. The quantitative estimate of drug-likeness (QED) is 0.285. The standard InChI is InChI=1S/C9H12BrNO6P2S/c1-15-19(16-7-6-10)20-18(14)17-9-4-2-8(3-5-9)11(12)13/h2-5,14H,6-7H2,1H3. The fraction of sp³-hybridized carbons (Fsp3) is 0.333. The highest BCUT2D eigenvalue weighted by Gasteiger charge is 2.20. The van der Waals surface area contributed by atoms with Crippen molar-refractivity contribution in [3.8, 4) is 5.75 Å². The van der Waals surface area contributed by atoms with Gasteiger partial charge in [-0.25, -0.2) is 0 Å². The fourth-order valence-corrected chi connectivity index (χ4v) is 5.95. The van der Waals surface area contributed by atoms with Crippen LogP contribution >= 0.6 is 42.1 Å². The van der Waals surface area contributed by atoms with E-state index in [9.17, 15) is 15.0 Å². The number of halogens is 1. The van der Waals surface area contributed by atoms with Gasteiger partial charge in [-0.05, 0) is 12.1 Å². The second kappa shape index (κ2) is 9.84. The zero-order valence-electron chi connectivity index (χ0n) is 10.3. The number of hydrogen-bond acceptors (Lipinski definition) is 7. The van der Waals surface area contributed by atoms with Crippen LogP contribution in [0.25, 0.3) is 0 Å². The molecular formula is C9H12BrNO6P2S. The molecule has 11 heteroatoms. The van der Waals surface area contributed by atoms with Crippen LogP contribution in [0.3, 0.4) is 0 Å². The van der Waals surface area contributed by atoms with Crippen molar-refractivity contribution >= 4 is 47.8 Å². The molecule has 0 amide bonds. The van der Waals surface area contributed by atoms with E-state index >= 15 is 0 Å². The number of hydrogen-bond donors (Lipinski definition) is 1. The largest absolute Gasteiger partial charge is 0.439 e. The maximum Gasteiger partial charge on any atom is 0.304 e. The van der Waals surface area contributed by atoms with E-state index in [1.807, 2.05) is 0 Å². The first-order chi connectivity index (χ1) is 9.56. The topological polar surface area (TPSA) is 91.1 Å². The second-order valence-corrected chi connectivity index (χ2v) is 9.57. The van der Waals surface area contributed by atoms with Crippen molar-refractivity contribution in [3.05, 3.63) is 34.4 Å². The van der Waals surface area contributed by atoms with E-state index < -0.39 is 20.1 Å². The Labute approximate surface area is 130 Å². The first-order valence-corrected chi connectivity index (χ1v) is 10.7. The molecule has 1 N–H and O–H groups in total. The van der Waals surface area contributed by atoms with E-state index in [0.717, 1.165) is 11.0 Å². The van der Waals surface area contributed by atoms with Gasteiger partial charge < -0.3 is 18.5 Å². The van der Waals surface area contributed by atoms with Crippen molar-refractivity contribution < 1.29 is 23.4 Å². The minimum Gasteiger partial charge on any atom is -0.439 e. The molecule has 1 aromatic carbocycles. The number of benzene rings is 1. The Hall–Kier alpha value is -0.01000. The van der Waals surface area contributed by atoms with Crippen LogP contribution in [0.15, 0.2) is 24.3 Å². The highest BCUT2D eigenvalue weighted by Crippen LogP contribution is 2.67. The van der Waals surface area contributed by atoms with Crippen molar-refractivity contribution in [3.63, 3.8) is 0 Å². The third-order valence-corrected chi connectivity index (χ3v) is 7.71. The summed E-state index contributed by atoms with van der Waals surface area (Å²) < 4.78 is 15.7. The molecule has 1 aromatic rings. The lowest BCUT2D eigenvalue weighted by Gasteiger charge is -2.16. The lowest BCUT2D eigenvalue weighted by atomic mass is 10.3. The Morgan fingerprint density at radius 2 is 2.10 bits per heavy atom. The maximum atomic E-state index is 10.5. The van der Waals surface area contributed by atoms with Gasteiger partial charge in [-0.1, -0.05) is 15.9 Å². The number of alkyl halides is 1. The molecule has 0 aliphatic rings. The smallest absolute Gasteiger partial charge is 0.304 e. The van der Waals surface area contributed by atoms with E-state index in [1.54, 1.807) is 0 Å². The molecule has 0 aliphatic heterocycles. The third-order valence-electron chi connectivity index (χ3n) is 1.79. The third kappa shape index (κ3) is 6.63. The normalized spacial score (nSPS) is 13.8. The molecule has 7 nitrogen and oxygen atoms in total. The Bertz CT molecular complexity index is 425. The van der Waals surface area contributed by atoms with Crippen molar-refractivity contribution in [2.45, 2.75) is 0 Å². The fourth-order valence-electron chi connectivity index (χ4n) is 1.01. The molecule has 2 unspecified atom stereocenters. The first kappa shape index (κ1) is 18.0. The summed E-state index contributed by atoms with van der Waals surface area (Å²) >= 11 is 4.28. The van der Waals surface area contributed by atoms with Crippen LogP contribution in [0, 0.1) is 10.1 Å². The van der Waals surface area contributed by atoms with E-state index in [4.69, 9.17) is 13.6 Å². The van der Waals surface area contributed by atoms with Gasteiger partial charge in [0.2, 0.25) is 7.58 Å². The van der Waals surface area contributed by atoms with Crippen molar-refractivity contribution in [2.24, 2.45) is 0 Å². The molecule has 1 rings (SSSR count). The van der Waals surface area contributed by atoms with E-state index in [-0.39, 0.29) is 5.69 Å². The zero-order chi connectivity index (χ0) is 15.0. The van der Waals surface area contributed by atoms with Crippen molar-refractivity contribution in [1.29, 1.82) is 0 Å². The number of nitrogens with zero attached hydrogens (tertiary/aromatic N) is 1. The predicted octanol–water partition coefficient (Wildman–Crippen LogP) is 4.21. The molecule has 112 valence electrons. The molecule has 2 atom stereocenters. The molecule has 20 heavy (non-hydrogen) atoms. The summed E-state index contributed by atoms with van der Waals surface area (Å²) in [5.74, 6) is 0.350. The van der Waals surface area contributed by atoms with Crippen molar-refractivity contribution in [1.82, 2.24) is 0 Å². The van der Waals surface area contributed by atoms with Crippen LogP contribution in [-0.2, 0) is 9.05 Å². The highest BCUT2D eigenvalue weighted by atomic mass is 79.9. The van der Waals surface area contributed by atoms with Gasteiger partial charge >= 0.3 is 7.58 Å². The van der Waals surface area contributed by atoms with Gasteiger partial charge in [-0.2, -0.15) is 0 Å². The summed E-state index contributed by atoms with van der Waals surface area (Å²) in [6, 6.07) is 5.48. The number of rotatable bonds is 9. The number of non-ortho nitro benzene ring substituents is 1. The summed E-state index contributed by atoms with van der Waals surface area (Å²) in [6.45, 7) is 0.466. The molecule has 0 aliphatic carbocycles. The second-order valence-electron chi connectivity index (χ2n) is 3.09. The van der Waals surface area contributed by atoms with E-state index in [0.29, 0.717) is 17.7 Å². The summed E-state index contributed by atoms with van der Waals surface area (Å²) in [7, 11) is -1.63. The van der Waals surface area contributed by atoms with Crippen molar-refractivity contribution in [2.75, 3.05) is 19.0 Å². The van der Waals surface area contributed by atoms with E-state index in [2.05, 4.69) is 15.9 Å². The molecule has 0 heterocycles.